The average Bonchev–Trinajstić information content (AvgIpc) is 3.60. The van der Waals surface area contributed by atoms with E-state index in [-0.39, 0.29) is 23.0 Å². The van der Waals surface area contributed by atoms with E-state index in [4.69, 9.17) is 9.90 Å². The summed E-state index contributed by atoms with van der Waals surface area (Å²) in [6.45, 7) is 0.973. The molecule has 37 heavy (non-hydrogen) atoms. The summed E-state index contributed by atoms with van der Waals surface area (Å²) in [4.78, 5) is 26.4. The number of carbonyl (C=O) groups excluding carboxylic acids is 1. The quantitative estimate of drug-likeness (QED) is 0.516. The summed E-state index contributed by atoms with van der Waals surface area (Å²) in [5.41, 5.74) is 2.37. The van der Waals surface area contributed by atoms with Gasteiger partial charge >= 0.3 is 12.1 Å². The van der Waals surface area contributed by atoms with E-state index in [1.807, 2.05) is 30.3 Å². The second kappa shape index (κ2) is 10.3. The van der Waals surface area contributed by atoms with Crippen LogP contribution in [0.25, 0.3) is 5.69 Å². The zero-order valence-corrected chi connectivity index (χ0v) is 20.2. The van der Waals surface area contributed by atoms with E-state index in [9.17, 15) is 26.4 Å². The van der Waals surface area contributed by atoms with Crippen LogP contribution in [0, 0.1) is 5.92 Å². The number of para-hydroxylation sites is 1. The minimum atomic E-state index is -5.08. The van der Waals surface area contributed by atoms with Crippen LogP contribution in [0.4, 0.5) is 13.2 Å². The van der Waals surface area contributed by atoms with Crippen LogP contribution in [-0.4, -0.2) is 52.0 Å². The van der Waals surface area contributed by atoms with E-state index >= 15 is 0 Å². The number of halogens is 3. The number of amides is 1. The molecule has 1 aliphatic carbocycles. The SMILES string of the molecule is O=C(NCc1ccccc1)c1ncn2c1CN(CC1CC1)S(=O)(=O)c1ccccc1-2.O=C(O)C(F)(F)F. The molecule has 1 aromatic heterocycles. The molecule has 1 aliphatic heterocycles. The number of aliphatic carboxylic acids is 1. The average molecular weight is 537 g/mol. The van der Waals surface area contributed by atoms with Gasteiger partial charge in [0.25, 0.3) is 5.91 Å². The van der Waals surface area contributed by atoms with Crippen LogP contribution in [-0.2, 0) is 27.9 Å². The predicted molar refractivity (Wildman–Crippen MR) is 125 cm³/mol. The Hall–Kier alpha value is -3.71. The topological polar surface area (TPSA) is 122 Å². The molecule has 2 N–H and O–H groups in total. The Balaban J connectivity index is 0.000000405. The maximum absolute atomic E-state index is 13.3. The first-order valence-electron chi connectivity index (χ1n) is 11.3. The molecule has 2 aromatic carbocycles. The number of rotatable bonds is 5. The van der Waals surface area contributed by atoms with Gasteiger partial charge in [0, 0.05) is 13.1 Å². The number of carboxylic acid groups (broad SMARTS) is 1. The Morgan fingerprint density at radius 3 is 2.30 bits per heavy atom. The highest BCUT2D eigenvalue weighted by molar-refractivity contribution is 7.89. The first-order valence-corrected chi connectivity index (χ1v) is 12.7. The van der Waals surface area contributed by atoms with E-state index < -0.39 is 22.2 Å². The molecule has 0 radical (unpaired) electrons. The maximum Gasteiger partial charge on any atom is 0.490 e. The summed E-state index contributed by atoms with van der Waals surface area (Å²) in [7, 11) is -3.66. The third-order valence-corrected chi connectivity index (χ3v) is 7.71. The van der Waals surface area contributed by atoms with Crippen molar-refractivity contribution in [1.82, 2.24) is 19.2 Å². The number of alkyl halides is 3. The summed E-state index contributed by atoms with van der Waals surface area (Å²) in [5.74, 6) is -2.68. The number of carbonyl (C=O) groups is 2. The third-order valence-electron chi connectivity index (χ3n) is 5.85. The predicted octanol–water partition coefficient (Wildman–Crippen LogP) is 3.35. The number of nitrogens with one attached hydrogen (secondary N) is 1. The minimum absolute atomic E-state index is 0.127. The molecule has 5 rings (SSSR count). The lowest BCUT2D eigenvalue weighted by molar-refractivity contribution is -0.192. The van der Waals surface area contributed by atoms with Gasteiger partial charge in [-0.25, -0.2) is 18.2 Å². The van der Waals surface area contributed by atoms with E-state index in [1.54, 1.807) is 35.2 Å². The van der Waals surface area contributed by atoms with Crippen LogP contribution in [0.5, 0.6) is 0 Å². The molecule has 0 bridgehead atoms. The Morgan fingerprint density at radius 1 is 1.05 bits per heavy atom. The fourth-order valence-electron chi connectivity index (χ4n) is 3.80. The lowest BCUT2D eigenvalue weighted by atomic mass is 10.2. The number of imidazole rings is 1. The van der Waals surface area contributed by atoms with Gasteiger partial charge in [-0.3, -0.25) is 9.36 Å². The van der Waals surface area contributed by atoms with E-state index in [1.165, 1.54) is 4.31 Å². The molecular weight excluding hydrogens is 513 g/mol. The standard InChI is InChI=1S/C22H22N4O3S.C2HF3O2/c27-22(23-12-16-6-2-1-3-7-16)21-19-14-25(13-17-10-11-17)30(28,29)20-9-5-4-8-18(20)26(19)15-24-21;3-2(4,5)1(6)7/h1-9,15,17H,10-14H2,(H,23,27);(H,6,7). The molecule has 0 atom stereocenters. The lowest BCUT2D eigenvalue weighted by Gasteiger charge is -2.20. The highest BCUT2D eigenvalue weighted by Crippen LogP contribution is 2.36. The molecule has 13 heteroatoms. The molecule has 0 spiro atoms. The number of hydrogen-bond acceptors (Lipinski definition) is 5. The van der Waals surface area contributed by atoms with E-state index in [2.05, 4.69) is 10.3 Å². The number of carboxylic acids is 1. The van der Waals surface area contributed by atoms with Crippen molar-refractivity contribution in [2.24, 2.45) is 5.92 Å². The molecule has 196 valence electrons. The maximum atomic E-state index is 13.3. The van der Waals surface area contributed by atoms with Crippen molar-refractivity contribution in [3.05, 3.63) is 77.9 Å². The largest absolute Gasteiger partial charge is 0.490 e. The number of aromatic nitrogens is 2. The van der Waals surface area contributed by atoms with Crippen LogP contribution in [0.3, 0.4) is 0 Å². The van der Waals surface area contributed by atoms with E-state index in [0.717, 1.165) is 18.4 Å². The van der Waals surface area contributed by atoms with Crippen molar-refractivity contribution in [1.29, 1.82) is 0 Å². The van der Waals surface area contributed by atoms with E-state index in [0.29, 0.717) is 30.4 Å². The van der Waals surface area contributed by atoms with Crippen LogP contribution in [0.2, 0.25) is 0 Å². The number of sulfonamides is 1. The molecule has 1 amide bonds. The Labute approximate surface area is 210 Å². The first kappa shape index (κ1) is 26.4. The van der Waals surface area contributed by atoms with Crippen LogP contribution >= 0.6 is 0 Å². The van der Waals surface area contributed by atoms with Gasteiger partial charge in [0.2, 0.25) is 10.0 Å². The Morgan fingerprint density at radius 2 is 1.68 bits per heavy atom. The van der Waals surface area contributed by atoms with Gasteiger partial charge in [-0.1, -0.05) is 42.5 Å². The van der Waals surface area contributed by atoms with Crippen molar-refractivity contribution in [2.45, 2.75) is 37.0 Å². The first-order chi connectivity index (χ1) is 17.5. The highest BCUT2D eigenvalue weighted by atomic mass is 32.2. The highest BCUT2D eigenvalue weighted by Gasteiger charge is 2.39. The second-order valence-corrected chi connectivity index (χ2v) is 10.5. The molecule has 0 unspecified atom stereocenters. The zero-order valence-electron chi connectivity index (χ0n) is 19.4. The zero-order chi connectivity index (χ0) is 26.8. The van der Waals surface area contributed by atoms with Gasteiger partial charge in [-0.2, -0.15) is 17.5 Å². The number of benzene rings is 2. The minimum Gasteiger partial charge on any atom is -0.475 e. The Bertz CT molecular complexity index is 1400. The fourth-order valence-corrected chi connectivity index (χ4v) is 5.46. The third kappa shape index (κ3) is 6.00. The van der Waals surface area contributed by atoms with Crippen molar-refractivity contribution in [3.8, 4) is 5.69 Å². The lowest BCUT2D eigenvalue weighted by Crippen LogP contribution is -2.33. The number of hydrogen-bond donors (Lipinski definition) is 2. The van der Waals surface area contributed by atoms with Crippen LogP contribution in [0.1, 0.15) is 34.6 Å². The smallest absolute Gasteiger partial charge is 0.475 e. The summed E-state index contributed by atoms with van der Waals surface area (Å²) in [6.07, 6.45) is -1.46. The monoisotopic (exact) mass is 536 g/mol. The fraction of sp³-hybridized carbons (Fsp3) is 0.292. The van der Waals surface area contributed by atoms with Crippen LogP contribution < -0.4 is 5.32 Å². The molecule has 9 nitrogen and oxygen atoms in total. The molecule has 2 heterocycles. The van der Waals surface area contributed by atoms with Gasteiger partial charge in [0.05, 0.1) is 17.9 Å². The number of nitrogens with zero attached hydrogens (tertiary/aromatic N) is 3. The summed E-state index contributed by atoms with van der Waals surface area (Å²) < 4.78 is 61.6. The molecule has 3 aromatic rings. The van der Waals surface area contributed by atoms with Crippen molar-refractivity contribution in [3.63, 3.8) is 0 Å². The van der Waals surface area contributed by atoms with Gasteiger partial charge in [0.1, 0.15) is 11.2 Å². The van der Waals surface area contributed by atoms with Crippen molar-refractivity contribution < 1.29 is 36.3 Å². The molecule has 2 aliphatic rings. The Kier molecular flexibility index (Phi) is 7.37. The van der Waals surface area contributed by atoms with Gasteiger partial charge in [-0.15, -0.1) is 0 Å². The summed E-state index contributed by atoms with van der Waals surface area (Å²) in [6, 6.07) is 16.5. The number of fused-ring (bicyclic) bond motifs is 3. The van der Waals surface area contributed by atoms with Crippen LogP contribution in [0.15, 0.2) is 65.8 Å². The molecule has 1 fully saturated rings. The molecule has 0 saturated heterocycles. The summed E-state index contributed by atoms with van der Waals surface area (Å²) >= 11 is 0. The summed E-state index contributed by atoms with van der Waals surface area (Å²) in [5, 5.41) is 10.0. The van der Waals surface area contributed by atoms with Gasteiger partial charge in [0.15, 0.2) is 5.69 Å². The van der Waals surface area contributed by atoms with Gasteiger partial charge in [-0.05, 0) is 36.5 Å². The second-order valence-electron chi connectivity index (χ2n) is 8.59. The normalized spacial score (nSPS) is 16.4. The van der Waals surface area contributed by atoms with Crippen molar-refractivity contribution in [2.75, 3.05) is 6.54 Å². The van der Waals surface area contributed by atoms with Crippen molar-refractivity contribution >= 4 is 21.9 Å². The van der Waals surface area contributed by atoms with Gasteiger partial charge < -0.3 is 10.4 Å². The molecule has 1 saturated carbocycles. The molecular formula is C24H23F3N4O5S.